The Morgan fingerprint density at radius 1 is 0.765 bits per heavy atom. The molecule has 0 fully saturated rings. The molecule has 34 heavy (non-hydrogen) atoms. The molecule has 0 atom stereocenters. The van der Waals surface area contributed by atoms with E-state index in [1.54, 1.807) is 31.2 Å². The van der Waals surface area contributed by atoms with Gasteiger partial charge in [0.1, 0.15) is 11.5 Å². The van der Waals surface area contributed by atoms with E-state index in [0.717, 1.165) is 55.7 Å². The van der Waals surface area contributed by atoms with E-state index in [4.69, 9.17) is 14.2 Å². The Labute approximate surface area is 203 Å². The number of hydrogen-bond acceptors (Lipinski definition) is 5. The van der Waals surface area contributed by atoms with E-state index in [0.29, 0.717) is 31.0 Å². The molecular weight excluding hydrogens is 430 g/mol. The van der Waals surface area contributed by atoms with Gasteiger partial charge in [0, 0.05) is 16.8 Å². The number of esters is 1. The Morgan fingerprint density at radius 3 is 1.85 bits per heavy atom. The number of carbonyl (C=O) groups excluding carboxylic acids is 2. The molecule has 0 spiro atoms. The van der Waals surface area contributed by atoms with Crippen molar-refractivity contribution in [3.8, 4) is 11.5 Å². The number of carbonyl (C=O) groups is 2. The van der Waals surface area contributed by atoms with Crippen LogP contribution in [0, 0.1) is 0 Å². The molecule has 2 aromatic carbocycles. The topological polar surface area (TPSA) is 73.9 Å². The van der Waals surface area contributed by atoms with E-state index >= 15 is 0 Å². The molecule has 0 saturated heterocycles. The standard InChI is InChI=1S/C28H37NO5/c1-4-5-8-19-32-26-17-13-24(14-18-26)29-27(30)23-11-15-25(16-12-23)33-20-9-6-7-10-21-34-28(31)22(2)3/h11-18H,2,4-10,19-21H2,1,3H3,(H,29,30). The number of nitrogens with one attached hydrogen (secondary N) is 1. The number of unbranched alkanes of at least 4 members (excludes halogenated alkanes) is 5. The van der Waals surface area contributed by atoms with E-state index in [1.807, 2.05) is 24.3 Å². The number of hydrogen-bond donors (Lipinski definition) is 1. The highest BCUT2D eigenvalue weighted by molar-refractivity contribution is 6.04. The van der Waals surface area contributed by atoms with E-state index in [-0.39, 0.29) is 11.9 Å². The minimum absolute atomic E-state index is 0.171. The van der Waals surface area contributed by atoms with Crippen LogP contribution < -0.4 is 14.8 Å². The number of benzene rings is 2. The van der Waals surface area contributed by atoms with Gasteiger partial charge in [-0.1, -0.05) is 26.3 Å². The Hall–Kier alpha value is -3.28. The second kappa shape index (κ2) is 15.5. The highest BCUT2D eigenvalue weighted by atomic mass is 16.5. The van der Waals surface area contributed by atoms with Crippen LogP contribution in [0.1, 0.15) is 69.2 Å². The van der Waals surface area contributed by atoms with Crippen molar-refractivity contribution in [3.63, 3.8) is 0 Å². The molecule has 184 valence electrons. The molecule has 0 heterocycles. The predicted octanol–water partition coefficient (Wildman–Crippen LogP) is 6.57. The maximum absolute atomic E-state index is 12.5. The lowest BCUT2D eigenvalue weighted by atomic mass is 10.2. The normalized spacial score (nSPS) is 10.4. The van der Waals surface area contributed by atoms with Gasteiger partial charge < -0.3 is 19.5 Å². The van der Waals surface area contributed by atoms with Gasteiger partial charge in [0.25, 0.3) is 5.91 Å². The van der Waals surface area contributed by atoms with E-state index < -0.39 is 0 Å². The first-order valence-electron chi connectivity index (χ1n) is 12.1. The Kier molecular flexibility index (Phi) is 12.3. The monoisotopic (exact) mass is 467 g/mol. The van der Waals surface area contributed by atoms with Crippen LogP contribution in [0.3, 0.4) is 0 Å². The number of amides is 1. The van der Waals surface area contributed by atoms with Gasteiger partial charge in [0.15, 0.2) is 0 Å². The molecule has 0 unspecified atom stereocenters. The molecule has 1 amide bonds. The second-order valence-corrected chi connectivity index (χ2v) is 8.24. The molecule has 6 heteroatoms. The van der Waals surface area contributed by atoms with Gasteiger partial charge in [-0.3, -0.25) is 4.79 Å². The maximum atomic E-state index is 12.5. The fourth-order valence-electron chi connectivity index (χ4n) is 3.12. The van der Waals surface area contributed by atoms with Crippen molar-refractivity contribution in [1.29, 1.82) is 0 Å². The largest absolute Gasteiger partial charge is 0.494 e. The summed E-state index contributed by atoms with van der Waals surface area (Å²) in [7, 11) is 0. The smallest absolute Gasteiger partial charge is 0.333 e. The zero-order chi connectivity index (χ0) is 24.6. The molecule has 0 aromatic heterocycles. The highest BCUT2D eigenvalue weighted by Gasteiger charge is 2.07. The van der Waals surface area contributed by atoms with Crippen molar-refractivity contribution in [3.05, 3.63) is 66.2 Å². The maximum Gasteiger partial charge on any atom is 0.333 e. The van der Waals surface area contributed by atoms with Crippen molar-refractivity contribution < 1.29 is 23.8 Å². The first-order valence-corrected chi connectivity index (χ1v) is 12.1. The van der Waals surface area contributed by atoms with Gasteiger partial charge in [0.2, 0.25) is 0 Å². The second-order valence-electron chi connectivity index (χ2n) is 8.24. The summed E-state index contributed by atoms with van der Waals surface area (Å²) in [6.07, 6.45) is 7.08. The third-order valence-corrected chi connectivity index (χ3v) is 5.13. The fourth-order valence-corrected chi connectivity index (χ4v) is 3.12. The Balaban J connectivity index is 1.63. The van der Waals surface area contributed by atoms with Crippen molar-refractivity contribution in [2.45, 2.75) is 58.8 Å². The van der Waals surface area contributed by atoms with Crippen LogP contribution in [0.15, 0.2) is 60.7 Å². The van der Waals surface area contributed by atoms with Gasteiger partial charge >= 0.3 is 5.97 Å². The quantitative estimate of drug-likeness (QED) is 0.172. The summed E-state index contributed by atoms with van der Waals surface area (Å²) in [6, 6.07) is 14.5. The van der Waals surface area contributed by atoms with Gasteiger partial charge in [-0.25, -0.2) is 4.79 Å². The van der Waals surface area contributed by atoms with Crippen LogP contribution in [0.5, 0.6) is 11.5 Å². The van der Waals surface area contributed by atoms with E-state index in [2.05, 4.69) is 18.8 Å². The Bertz CT molecular complexity index is 890. The molecule has 0 radical (unpaired) electrons. The van der Waals surface area contributed by atoms with Crippen LogP contribution >= 0.6 is 0 Å². The van der Waals surface area contributed by atoms with E-state index in [9.17, 15) is 9.59 Å². The summed E-state index contributed by atoms with van der Waals surface area (Å²) in [5.74, 6) is 1.04. The lowest BCUT2D eigenvalue weighted by molar-refractivity contribution is -0.139. The first kappa shape index (κ1) is 27.0. The van der Waals surface area contributed by atoms with Crippen LogP contribution in [0.25, 0.3) is 0 Å². The van der Waals surface area contributed by atoms with Crippen LogP contribution in [0.2, 0.25) is 0 Å². The summed E-state index contributed by atoms with van der Waals surface area (Å²) in [5.41, 5.74) is 1.71. The van der Waals surface area contributed by atoms with Crippen LogP contribution in [0.4, 0.5) is 5.69 Å². The molecule has 6 nitrogen and oxygen atoms in total. The molecular formula is C28H37NO5. The fraction of sp³-hybridized carbons (Fsp3) is 0.429. The minimum atomic E-state index is -0.332. The number of ether oxygens (including phenoxy) is 3. The highest BCUT2D eigenvalue weighted by Crippen LogP contribution is 2.18. The SMILES string of the molecule is C=C(C)C(=O)OCCCCCCOc1ccc(C(=O)Nc2ccc(OCCCCC)cc2)cc1. The summed E-state index contributed by atoms with van der Waals surface area (Å²) in [5, 5.41) is 2.90. The van der Waals surface area contributed by atoms with Gasteiger partial charge in [-0.15, -0.1) is 0 Å². The zero-order valence-electron chi connectivity index (χ0n) is 20.4. The molecule has 0 aliphatic carbocycles. The third-order valence-electron chi connectivity index (χ3n) is 5.13. The van der Waals surface area contributed by atoms with Gasteiger partial charge in [-0.2, -0.15) is 0 Å². The molecule has 2 rings (SSSR count). The van der Waals surface area contributed by atoms with E-state index in [1.165, 1.54) is 6.42 Å². The lowest BCUT2D eigenvalue weighted by Gasteiger charge is -2.09. The summed E-state index contributed by atoms with van der Waals surface area (Å²) in [4.78, 5) is 23.8. The molecule has 0 saturated carbocycles. The van der Waals surface area contributed by atoms with Crippen molar-refractivity contribution in [2.24, 2.45) is 0 Å². The van der Waals surface area contributed by atoms with Crippen LogP contribution in [-0.4, -0.2) is 31.7 Å². The first-order chi connectivity index (χ1) is 16.5. The van der Waals surface area contributed by atoms with Gasteiger partial charge in [-0.05, 0) is 87.6 Å². The molecule has 2 aromatic rings. The minimum Gasteiger partial charge on any atom is -0.494 e. The molecule has 0 aliphatic rings. The average Bonchev–Trinajstić information content (AvgIpc) is 2.84. The molecule has 0 bridgehead atoms. The zero-order valence-corrected chi connectivity index (χ0v) is 20.4. The summed E-state index contributed by atoms with van der Waals surface area (Å²) >= 11 is 0. The summed E-state index contributed by atoms with van der Waals surface area (Å²) in [6.45, 7) is 9.09. The predicted molar refractivity (Wildman–Crippen MR) is 136 cm³/mol. The molecule has 0 aliphatic heterocycles. The van der Waals surface area contributed by atoms with Crippen LogP contribution in [-0.2, 0) is 9.53 Å². The molecule has 1 N–H and O–H groups in total. The van der Waals surface area contributed by atoms with Crippen molar-refractivity contribution in [1.82, 2.24) is 0 Å². The average molecular weight is 468 g/mol. The van der Waals surface area contributed by atoms with Gasteiger partial charge in [0.05, 0.1) is 19.8 Å². The van der Waals surface area contributed by atoms with Crippen molar-refractivity contribution >= 4 is 17.6 Å². The number of rotatable bonds is 16. The number of anilines is 1. The lowest BCUT2D eigenvalue weighted by Crippen LogP contribution is -2.11. The third kappa shape index (κ3) is 10.6. The Morgan fingerprint density at radius 2 is 1.29 bits per heavy atom. The van der Waals surface area contributed by atoms with Crippen molar-refractivity contribution in [2.75, 3.05) is 25.1 Å². The summed E-state index contributed by atoms with van der Waals surface area (Å²) < 4.78 is 16.5.